The van der Waals surface area contributed by atoms with E-state index in [2.05, 4.69) is 16.0 Å². The number of hydrazone groups is 1. The minimum absolute atomic E-state index is 0.0910. The molecule has 1 unspecified atom stereocenters. The Morgan fingerprint density at radius 3 is 3.14 bits per heavy atom. The molecule has 70 valence electrons. The molecule has 1 aromatic heterocycles. The molecule has 1 aliphatic heterocycles. The predicted octanol–water partition coefficient (Wildman–Crippen LogP) is 1.85. The number of hydrogen-bond donors (Lipinski definition) is 0. The first kappa shape index (κ1) is 9.04. The molecule has 0 saturated heterocycles. The maximum absolute atomic E-state index is 5.82. The van der Waals surface area contributed by atoms with Crippen molar-refractivity contribution < 1.29 is 0 Å². The van der Waals surface area contributed by atoms with Gasteiger partial charge in [-0.2, -0.15) is 5.10 Å². The smallest absolute Gasteiger partial charge is 0.129 e. The molecular formula is C10H8ClN3. The number of pyridine rings is 1. The van der Waals surface area contributed by atoms with Crippen LogP contribution in [0.3, 0.4) is 0 Å². The Balaban J connectivity index is 2.31. The van der Waals surface area contributed by atoms with E-state index in [-0.39, 0.29) is 6.04 Å². The number of anilines is 1. The summed E-state index contributed by atoms with van der Waals surface area (Å²) >= 11 is 5.82. The SMILES string of the molecule is C#CC1CC(Cl)=NN1c1cccnc1. The summed E-state index contributed by atoms with van der Waals surface area (Å²) in [4.78, 5) is 4.00. The number of terminal acetylenes is 1. The molecule has 2 heterocycles. The first-order valence-electron chi connectivity index (χ1n) is 4.19. The van der Waals surface area contributed by atoms with Crippen molar-refractivity contribution >= 4 is 22.5 Å². The van der Waals surface area contributed by atoms with Gasteiger partial charge in [0.2, 0.25) is 0 Å². The molecular weight excluding hydrogens is 198 g/mol. The number of halogens is 1. The van der Waals surface area contributed by atoms with Crippen LogP contribution in [0.2, 0.25) is 0 Å². The van der Waals surface area contributed by atoms with Crippen LogP contribution in [0.4, 0.5) is 5.69 Å². The van der Waals surface area contributed by atoms with Gasteiger partial charge in [-0.25, -0.2) is 5.01 Å². The van der Waals surface area contributed by atoms with Gasteiger partial charge in [-0.1, -0.05) is 17.5 Å². The van der Waals surface area contributed by atoms with Gasteiger partial charge in [0, 0.05) is 12.6 Å². The van der Waals surface area contributed by atoms with Crippen LogP contribution in [0.25, 0.3) is 0 Å². The molecule has 4 heteroatoms. The molecule has 0 aromatic carbocycles. The van der Waals surface area contributed by atoms with Gasteiger partial charge in [0.05, 0.1) is 11.9 Å². The quantitative estimate of drug-likeness (QED) is 0.655. The Bertz CT molecular complexity index is 394. The van der Waals surface area contributed by atoms with E-state index in [9.17, 15) is 0 Å². The lowest BCUT2D eigenvalue weighted by atomic mass is 10.2. The van der Waals surface area contributed by atoms with Gasteiger partial charge in [-0.15, -0.1) is 6.42 Å². The van der Waals surface area contributed by atoms with Crippen LogP contribution in [0.1, 0.15) is 6.42 Å². The third kappa shape index (κ3) is 1.57. The number of rotatable bonds is 1. The summed E-state index contributed by atoms with van der Waals surface area (Å²) in [5.74, 6) is 2.64. The fourth-order valence-electron chi connectivity index (χ4n) is 1.33. The third-order valence-electron chi connectivity index (χ3n) is 1.98. The first-order chi connectivity index (χ1) is 6.81. The standard InChI is InChI=1S/C10H8ClN3/c1-2-8-6-10(11)13-14(8)9-4-3-5-12-7-9/h1,3-5,7-8H,6H2. The molecule has 3 nitrogen and oxygen atoms in total. The van der Waals surface area contributed by atoms with E-state index in [1.165, 1.54) is 0 Å². The van der Waals surface area contributed by atoms with Gasteiger partial charge in [-0.3, -0.25) is 4.98 Å². The summed E-state index contributed by atoms with van der Waals surface area (Å²) in [5.41, 5.74) is 0.867. The lowest BCUT2D eigenvalue weighted by Crippen LogP contribution is -2.24. The minimum Gasteiger partial charge on any atom is -0.262 e. The lowest BCUT2D eigenvalue weighted by Gasteiger charge is -2.17. The average Bonchev–Trinajstić information content (AvgIpc) is 2.61. The number of nitrogens with zero attached hydrogens (tertiary/aromatic N) is 3. The molecule has 0 bridgehead atoms. The molecule has 0 amide bonds. The molecule has 0 saturated carbocycles. The van der Waals surface area contributed by atoms with Crippen molar-refractivity contribution in [3.63, 3.8) is 0 Å². The van der Waals surface area contributed by atoms with Gasteiger partial charge in [-0.05, 0) is 12.1 Å². The molecule has 0 N–H and O–H groups in total. The molecule has 2 rings (SSSR count). The van der Waals surface area contributed by atoms with Crippen molar-refractivity contribution in [1.29, 1.82) is 0 Å². The molecule has 1 aliphatic rings. The van der Waals surface area contributed by atoms with Gasteiger partial charge in [0.1, 0.15) is 11.2 Å². The predicted molar refractivity (Wildman–Crippen MR) is 57.2 cm³/mol. The Hall–Kier alpha value is -1.53. The average molecular weight is 206 g/mol. The summed E-state index contributed by atoms with van der Waals surface area (Å²) in [7, 11) is 0. The van der Waals surface area contributed by atoms with Crippen LogP contribution in [-0.4, -0.2) is 16.2 Å². The summed E-state index contributed by atoms with van der Waals surface area (Å²) in [6, 6.07) is 3.65. The van der Waals surface area contributed by atoms with Crippen molar-refractivity contribution in [2.45, 2.75) is 12.5 Å². The van der Waals surface area contributed by atoms with Crippen LogP contribution in [0.15, 0.2) is 29.6 Å². The maximum Gasteiger partial charge on any atom is 0.129 e. The second-order valence-electron chi connectivity index (χ2n) is 2.92. The molecule has 0 aliphatic carbocycles. The summed E-state index contributed by atoms with van der Waals surface area (Å²) in [6.45, 7) is 0. The van der Waals surface area contributed by atoms with Gasteiger partial charge in [0.25, 0.3) is 0 Å². The number of hydrogen-bond acceptors (Lipinski definition) is 3. The van der Waals surface area contributed by atoms with Gasteiger partial charge >= 0.3 is 0 Å². The zero-order valence-corrected chi connectivity index (χ0v) is 8.15. The highest BCUT2D eigenvalue weighted by Gasteiger charge is 2.24. The summed E-state index contributed by atoms with van der Waals surface area (Å²) < 4.78 is 0. The highest BCUT2D eigenvalue weighted by Crippen LogP contribution is 2.23. The lowest BCUT2D eigenvalue weighted by molar-refractivity contribution is 0.808. The molecule has 14 heavy (non-hydrogen) atoms. The number of aromatic nitrogens is 1. The first-order valence-corrected chi connectivity index (χ1v) is 4.57. The largest absolute Gasteiger partial charge is 0.262 e. The highest BCUT2D eigenvalue weighted by molar-refractivity contribution is 6.65. The van der Waals surface area contributed by atoms with Gasteiger partial charge < -0.3 is 0 Å². The molecule has 1 aromatic rings. The van der Waals surface area contributed by atoms with Crippen LogP contribution in [0, 0.1) is 12.3 Å². The fraction of sp³-hybridized carbons (Fsp3) is 0.200. The van der Waals surface area contributed by atoms with E-state index in [0.29, 0.717) is 11.6 Å². The summed E-state index contributed by atoms with van der Waals surface area (Å²) in [5, 5.41) is 6.40. The highest BCUT2D eigenvalue weighted by atomic mass is 35.5. The molecule has 0 radical (unpaired) electrons. The monoisotopic (exact) mass is 205 g/mol. The van der Waals surface area contributed by atoms with Crippen molar-refractivity contribution in [2.75, 3.05) is 5.01 Å². The van der Waals surface area contributed by atoms with Crippen molar-refractivity contribution in [2.24, 2.45) is 5.10 Å². The van der Waals surface area contributed by atoms with E-state index in [4.69, 9.17) is 18.0 Å². The van der Waals surface area contributed by atoms with Crippen LogP contribution in [-0.2, 0) is 0 Å². The van der Waals surface area contributed by atoms with Crippen molar-refractivity contribution in [1.82, 2.24) is 4.98 Å². The van der Waals surface area contributed by atoms with Crippen LogP contribution < -0.4 is 5.01 Å². The Morgan fingerprint density at radius 2 is 2.50 bits per heavy atom. The van der Waals surface area contributed by atoms with E-state index in [1.807, 2.05) is 12.1 Å². The van der Waals surface area contributed by atoms with Gasteiger partial charge in [0.15, 0.2) is 0 Å². The Morgan fingerprint density at radius 1 is 1.64 bits per heavy atom. The second kappa shape index (κ2) is 3.69. The second-order valence-corrected chi connectivity index (χ2v) is 3.35. The van der Waals surface area contributed by atoms with Crippen molar-refractivity contribution in [3.05, 3.63) is 24.5 Å². The zero-order valence-electron chi connectivity index (χ0n) is 7.39. The van der Waals surface area contributed by atoms with E-state index in [1.54, 1.807) is 17.4 Å². The topological polar surface area (TPSA) is 28.5 Å². The molecule has 0 spiro atoms. The van der Waals surface area contributed by atoms with E-state index < -0.39 is 0 Å². The minimum atomic E-state index is -0.0910. The van der Waals surface area contributed by atoms with Crippen molar-refractivity contribution in [3.8, 4) is 12.3 Å². The fourth-order valence-corrected chi connectivity index (χ4v) is 1.56. The van der Waals surface area contributed by atoms with E-state index >= 15 is 0 Å². The Labute approximate surface area is 87.4 Å². The molecule has 0 fully saturated rings. The third-order valence-corrected chi connectivity index (χ3v) is 2.21. The summed E-state index contributed by atoms with van der Waals surface area (Å²) in [6.07, 6.45) is 9.40. The zero-order chi connectivity index (χ0) is 9.97. The van der Waals surface area contributed by atoms with Crippen LogP contribution >= 0.6 is 11.6 Å². The maximum atomic E-state index is 5.82. The van der Waals surface area contributed by atoms with E-state index in [0.717, 1.165) is 5.69 Å². The Kier molecular flexibility index (Phi) is 2.38. The molecule has 1 atom stereocenters. The normalized spacial score (nSPS) is 20.4. The van der Waals surface area contributed by atoms with Crippen LogP contribution in [0.5, 0.6) is 0 Å².